The molecule has 1 saturated heterocycles. The summed E-state index contributed by atoms with van der Waals surface area (Å²) in [5.41, 5.74) is 3.49. The standard InChI is InChI=1S/C23H27N3O4/c27-21(20-13-18-3-1-2-4-19(18)14-24-20)15-25-22(28)16-5-7-17(8-6-16)23(29)26-9-11-30-12-10-26/h1-8,20-21,24,27H,9-15H2,(H,25,28)/t20-,21?/m1/s1. The number of rotatable bonds is 5. The summed E-state index contributed by atoms with van der Waals surface area (Å²) in [5, 5.41) is 16.6. The monoisotopic (exact) mass is 409 g/mol. The summed E-state index contributed by atoms with van der Waals surface area (Å²) in [4.78, 5) is 26.7. The summed E-state index contributed by atoms with van der Waals surface area (Å²) in [5.74, 6) is -0.319. The maximum atomic E-state index is 12.5. The average molecular weight is 409 g/mol. The number of aliphatic hydroxyl groups is 1. The van der Waals surface area contributed by atoms with E-state index in [0.717, 1.165) is 6.42 Å². The SMILES string of the molecule is O=C(NCC(O)[C@H]1Cc2ccccc2CN1)c1ccc(C(=O)N2CCOCC2)cc1. The van der Waals surface area contributed by atoms with Crippen molar-refractivity contribution in [3.63, 3.8) is 0 Å². The fourth-order valence-corrected chi connectivity index (χ4v) is 3.91. The first-order valence-corrected chi connectivity index (χ1v) is 10.4. The molecule has 0 aromatic heterocycles. The van der Waals surface area contributed by atoms with Gasteiger partial charge in [-0.15, -0.1) is 0 Å². The van der Waals surface area contributed by atoms with Gasteiger partial charge in [-0.25, -0.2) is 0 Å². The van der Waals surface area contributed by atoms with Crippen LogP contribution in [0.2, 0.25) is 0 Å². The van der Waals surface area contributed by atoms with Gasteiger partial charge >= 0.3 is 0 Å². The molecule has 2 aromatic carbocycles. The van der Waals surface area contributed by atoms with E-state index in [0.29, 0.717) is 44.0 Å². The number of nitrogens with zero attached hydrogens (tertiary/aromatic N) is 1. The molecule has 2 aliphatic rings. The summed E-state index contributed by atoms with van der Waals surface area (Å²) in [7, 11) is 0. The van der Waals surface area contributed by atoms with Crippen molar-refractivity contribution in [2.45, 2.75) is 25.1 Å². The second kappa shape index (κ2) is 9.38. The van der Waals surface area contributed by atoms with E-state index in [-0.39, 0.29) is 24.4 Å². The van der Waals surface area contributed by atoms with Gasteiger partial charge in [0.2, 0.25) is 0 Å². The highest BCUT2D eigenvalue weighted by molar-refractivity contribution is 5.97. The maximum absolute atomic E-state index is 12.5. The number of nitrogens with one attached hydrogen (secondary N) is 2. The first-order valence-electron chi connectivity index (χ1n) is 10.4. The minimum absolute atomic E-state index is 0.0515. The average Bonchev–Trinajstić information content (AvgIpc) is 2.82. The number of benzene rings is 2. The van der Waals surface area contributed by atoms with E-state index in [4.69, 9.17) is 4.74 Å². The molecule has 3 N–H and O–H groups in total. The molecule has 2 aliphatic heterocycles. The number of fused-ring (bicyclic) bond motifs is 1. The molecule has 2 atom stereocenters. The van der Waals surface area contributed by atoms with Gasteiger partial charge in [0.1, 0.15) is 0 Å². The van der Waals surface area contributed by atoms with Crippen LogP contribution < -0.4 is 10.6 Å². The molecular formula is C23H27N3O4. The first-order chi connectivity index (χ1) is 14.6. The fraction of sp³-hybridized carbons (Fsp3) is 0.391. The molecule has 1 unspecified atom stereocenters. The molecule has 30 heavy (non-hydrogen) atoms. The normalized spacial score (nSPS) is 19.6. The third-order valence-corrected chi connectivity index (χ3v) is 5.74. The number of amides is 2. The van der Waals surface area contributed by atoms with Crippen LogP contribution in [0.4, 0.5) is 0 Å². The molecule has 0 aliphatic carbocycles. The van der Waals surface area contributed by atoms with Gasteiger partial charge in [0.25, 0.3) is 11.8 Å². The maximum Gasteiger partial charge on any atom is 0.254 e. The quantitative estimate of drug-likeness (QED) is 0.685. The van der Waals surface area contributed by atoms with Crippen molar-refractivity contribution in [1.82, 2.24) is 15.5 Å². The van der Waals surface area contributed by atoms with Crippen LogP contribution in [-0.2, 0) is 17.7 Å². The molecule has 2 aromatic rings. The molecule has 7 heteroatoms. The first kappa shape index (κ1) is 20.5. The highest BCUT2D eigenvalue weighted by Gasteiger charge is 2.25. The fourth-order valence-electron chi connectivity index (χ4n) is 3.91. The van der Waals surface area contributed by atoms with E-state index in [1.807, 2.05) is 12.1 Å². The number of ether oxygens (including phenoxy) is 1. The Bertz CT molecular complexity index is 894. The lowest BCUT2D eigenvalue weighted by Gasteiger charge is -2.30. The van der Waals surface area contributed by atoms with E-state index < -0.39 is 6.10 Å². The smallest absolute Gasteiger partial charge is 0.254 e. The Morgan fingerprint density at radius 1 is 1.07 bits per heavy atom. The van der Waals surface area contributed by atoms with Gasteiger partial charge < -0.3 is 25.4 Å². The van der Waals surface area contributed by atoms with E-state index in [9.17, 15) is 14.7 Å². The van der Waals surface area contributed by atoms with E-state index in [2.05, 4.69) is 22.8 Å². The zero-order valence-electron chi connectivity index (χ0n) is 16.8. The van der Waals surface area contributed by atoms with Crippen LogP contribution >= 0.6 is 0 Å². The molecule has 0 spiro atoms. The predicted molar refractivity (Wildman–Crippen MR) is 112 cm³/mol. The van der Waals surface area contributed by atoms with E-state index >= 15 is 0 Å². The van der Waals surface area contributed by atoms with Crippen LogP contribution in [0.15, 0.2) is 48.5 Å². The lowest BCUT2D eigenvalue weighted by molar-refractivity contribution is 0.0303. The predicted octanol–water partition coefficient (Wildman–Crippen LogP) is 0.964. The van der Waals surface area contributed by atoms with Crippen molar-refractivity contribution in [2.24, 2.45) is 0 Å². The Labute approximate surface area is 176 Å². The minimum Gasteiger partial charge on any atom is -0.390 e. The largest absolute Gasteiger partial charge is 0.390 e. The molecule has 2 heterocycles. The molecule has 0 radical (unpaired) electrons. The van der Waals surface area contributed by atoms with Gasteiger partial charge in [0, 0.05) is 43.3 Å². The zero-order valence-corrected chi connectivity index (χ0v) is 16.8. The van der Waals surface area contributed by atoms with Crippen LogP contribution in [-0.4, -0.2) is 66.8 Å². The van der Waals surface area contributed by atoms with Gasteiger partial charge in [-0.3, -0.25) is 9.59 Å². The van der Waals surface area contributed by atoms with Gasteiger partial charge in [-0.05, 0) is 41.8 Å². The second-order valence-corrected chi connectivity index (χ2v) is 7.72. The lowest BCUT2D eigenvalue weighted by Crippen LogP contribution is -2.49. The van der Waals surface area contributed by atoms with Crippen molar-refractivity contribution in [3.05, 3.63) is 70.8 Å². The Kier molecular flexibility index (Phi) is 6.42. The highest BCUT2D eigenvalue weighted by Crippen LogP contribution is 2.18. The lowest BCUT2D eigenvalue weighted by atomic mass is 9.93. The summed E-state index contributed by atoms with van der Waals surface area (Å²) in [6, 6.07) is 14.7. The Hall–Kier alpha value is -2.74. The van der Waals surface area contributed by atoms with Gasteiger partial charge in [-0.2, -0.15) is 0 Å². The van der Waals surface area contributed by atoms with Crippen molar-refractivity contribution in [2.75, 3.05) is 32.8 Å². The van der Waals surface area contributed by atoms with Gasteiger partial charge in [0.05, 0.1) is 19.3 Å². The van der Waals surface area contributed by atoms with Crippen molar-refractivity contribution >= 4 is 11.8 Å². The van der Waals surface area contributed by atoms with Crippen LogP contribution in [0.3, 0.4) is 0 Å². The van der Waals surface area contributed by atoms with Crippen LogP contribution in [0.5, 0.6) is 0 Å². The number of morpholine rings is 1. The molecule has 1 fully saturated rings. The van der Waals surface area contributed by atoms with Crippen LogP contribution in [0.1, 0.15) is 31.8 Å². The third kappa shape index (κ3) is 4.70. The Balaban J connectivity index is 1.29. The topological polar surface area (TPSA) is 90.9 Å². The number of hydrogen-bond acceptors (Lipinski definition) is 5. The zero-order chi connectivity index (χ0) is 20.9. The van der Waals surface area contributed by atoms with Crippen molar-refractivity contribution < 1.29 is 19.4 Å². The number of carbonyl (C=O) groups excluding carboxylic acids is 2. The summed E-state index contributed by atoms with van der Waals surface area (Å²) < 4.78 is 5.27. The Morgan fingerprint density at radius 2 is 1.73 bits per heavy atom. The second-order valence-electron chi connectivity index (χ2n) is 7.72. The Morgan fingerprint density at radius 3 is 2.47 bits per heavy atom. The number of aliphatic hydroxyl groups excluding tert-OH is 1. The summed E-state index contributed by atoms with van der Waals surface area (Å²) >= 11 is 0. The molecule has 0 saturated carbocycles. The molecule has 7 nitrogen and oxygen atoms in total. The minimum atomic E-state index is -0.690. The van der Waals surface area contributed by atoms with E-state index in [1.165, 1.54) is 11.1 Å². The number of carbonyl (C=O) groups is 2. The van der Waals surface area contributed by atoms with E-state index in [1.54, 1.807) is 29.2 Å². The molecular weight excluding hydrogens is 382 g/mol. The van der Waals surface area contributed by atoms with Crippen molar-refractivity contribution in [1.29, 1.82) is 0 Å². The van der Waals surface area contributed by atoms with Gasteiger partial charge in [-0.1, -0.05) is 24.3 Å². The van der Waals surface area contributed by atoms with Crippen molar-refractivity contribution in [3.8, 4) is 0 Å². The molecule has 158 valence electrons. The highest BCUT2D eigenvalue weighted by atomic mass is 16.5. The summed E-state index contributed by atoms with van der Waals surface area (Å²) in [6.45, 7) is 3.14. The number of hydrogen-bond donors (Lipinski definition) is 3. The molecule has 4 rings (SSSR count). The summed E-state index contributed by atoms with van der Waals surface area (Å²) in [6.07, 6.45) is 0.0374. The van der Waals surface area contributed by atoms with Crippen LogP contribution in [0.25, 0.3) is 0 Å². The third-order valence-electron chi connectivity index (χ3n) is 5.74. The van der Waals surface area contributed by atoms with Crippen LogP contribution in [0, 0.1) is 0 Å². The molecule has 0 bridgehead atoms. The van der Waals surface area contributed by atoms with Gasteiger partial charge in [0.15, 0.2) is 0 Å². The molecule has 2 amide bonds.